The van der Waals surface area contributed by atoms with Gasteiger partial charge in [0, 0.05) is 6.54 Å². The van der Waals surface area contributed by atoms with Crippen molar-refractivity contribution in [2.75, 3.05) is 6.54 Å². The summed E-state index contributed by atoms with van der Waals surface area (Å²) in [6, 6.07) is 0. The summed E-state index contributed by atoms with van der Waals surface area (Å²) in [7, 11) is 0. The zero-order chi connectivity index (χ0) is 4.41. The summed E-state index contributed by atoms with van der Waals surface area (Å²) in [6.45, 7) is 2.82. The average molecular weight is 150 g/mol. The van der Waals surface area contributed by atoms with E-state index in [1.165, 1.54) is 0 Å². The van der Waals surface area contributed by atoms with Gasteiger partial charge in [0.2, 0.25) is 0 Å². The van der Waals surface area contributed by atoms with Gasteiger partial charge in [0.1, 0.15) is 0 Å². The van der Waals surface area contributed by atoms with Crippen LogP contribution in [0, 0.1) is 6.67 Å². The summed E-state index contributed by atoms with van der Waals surface area (Å²) in [5.74, 6) is 0. The van der Waals surface area contributed by atoms with Gasteiger partial charge in [-0.15, -0.1) is 0 Å². The Labute approximate surface area is 45.4 Å². The summed E-state index contributed by atoms with van der Waals surface area (Å²) in [5.41, 5.74) is 0. The fourth-order valence-electron chi connectivity index (χ4n) is 0.371. The van der Waals surface area contributed by atoms with Gasteiger partial charge in [0.15, 0.2) is 0 Å². The van der Waals surface area contributed by atoms with E-state index in [0.717, 1.165) is 6.54 Å². The third kappa shape index (κ3) is 0.929. The molecule has 35 valence electrons. The largest absolute Gasteiger partial charge is 0.297 e. The molecule has 1 heterocycles. The van der Waals surface area contributed by atoms with Crippen molar-refractivity contribution >= 4 is 15.9 Å². The highest BCUT2D eigenvalue weighted by Crippen LogP contribution is 1.96. The molecule has 0 aromatic carbocycles. The Morgan fingerprint density at radius 2 is 2.67 bits per heavy atom. The molecule has 1 rings (SSSR count). The van der Waals surface area contributed by atoms with Gasteiger partial charge in [-0.1, -0.05) is 15.9 Å². The van der Waals surface area contributed by atoms with Crippen molar-refractivity contribution in [3.8, 4) is 0 Å². The van der Waals surface area contributed by atoms with Gasteiger partial charge in [-0.05, 0) is 0 Å². The van der Waals surface area contributed by atoms with Gasteiger partial charge < -0.3 is 0 Å². The topological polar surface area (TPSA) is 24.1 Å². The van der Waals surface area contributed by atoms with Gasteiger partial charge in [-0.25, -0.2) is 0 Å². The molecular formula is C3H6BrN2. The van der Waals surface area contributed by atoms with Crippen LogP contribution in [-0.2, 0) is 0 Å². The molecule has 6 heavy (non-hydrogen) atoms. The second kappa shape index (κ2) is 1.91. The van der Waals surface area contributed by atoms with E-state index in [9.17, 15) is 0 Å². The highest BCUT2D eigenvalue weighted by atomic mass is 79.9. The van der Waals surface area contributed by atoms with E-state index < -0.39 is 0 Å². The van der Waals surface area contributed by atoms with Crippen LogP contribution in [0.5, 0.6) is 0 Å². The molecule has 3 heteroatoms. The standard InChI is InChI=1S/C3H6BrN2/c4-3-1-5-2-6-3/h2-3,5-6H,1H2. The van der Waals surface area contributed by atoms with Crippen LogP contribution in [0.2, 0.25) is 0 Å². The number of hydrogen-bond acceptors (Lipinski definition) is 2. The van der Waals surface area contributed by atoms with Crippen LogP contribution in [0.25, 0.3) is 0 Å². The minimum atomic E-state index is 0.442. The molecule has 1 aliphatic heterocycles. The molecule has 0 aromatic rings. The number of alkyl halides is 1. The molecule has 0 aliphatic carbocycles. The zero-order valence-corrected chi connectivity index (χ0v) is 4.83. The fraction of sp³-hybridized carbons (Fsp3) is 0.667. The Hall–Kier alpha value is 0.400. The van der Waals surface area contributed by atoms with Crippen molar-refractivity contribution in [2.24, 2.45) is 0 Å². The molecule has 1 aliphatic rings. The minimum Gasteiger partial charge on any atom is -0.297 e. The highest BCUT2D eigenvalue weighted by Gasteiger charge is 2.06. The summed E-state index contributed by atoms with van der Waals surface area (Å²) in [6.07, 6.45) is 0. The second-order valence-corrected chi connectivity index (χ2v) is 2.29. The van der Waals surface area contributed by atoms with Crippen LogP contribution in [0.1, 0.15) is 0 Å². The van der Waals surface area contributed by atoms with Crippen molar-refractivity contribution in [3.63, 3.8) is 0 Å². The van der Waals surface area contributed by atoms with E-state index in [4.69, 9.17) is 0 Å². The predicted molar refractivity (Wildman–Crippen MR) is 28.2 cm³/mol. The monoisotopic (exact) mass is 149 g/mol. The summed E-state index contributed by atoms with van der Waals surface area (Å²) in [5, 5.41) is 5.99. The van der Waals surface area contributed by atoms with Crippen LogP contribution in [0.15, 0.2) is 0 Å². The van der Waals surface area contributed by atoms with Crippen LogP contribution in [-0.4, -0.2) is 11.5 Å². The molecule has 2 N–H and O–H groups in total. The lowest BCUT2D eigenvalue weighted by molar-refractivity contribution is 0.890. The first-order chi connectivity index (χ1) is 2.89. The molecule has 0 saturated carbocycles. The van der Waals surface area contributed by atoms with Crippen molar-refractivity contribution in [1.82, 2.24) is 10.6 Å². The predicted octanol–water partition coefficient (Wildman–Crippen LogP) is 0.0195. The van der Waals surface area contributed by atoms with E-state index in [1.54, 1.807) is 0 Å². The summed E-state index contributed by atoms with van der Waals surface area (Å²) >= 11 is 3.33. The lowest BCUT2D eigenvalue weighted by atomic mass is 10.7. The van der Waals surface area contributed by atoms with Crippen molar-refractivity contribution < 1.29 is 0 Å². The highest BCUT2D eigenvalue weighted by molar-refractivity contribution is 9.09. The maximum Gasteiger partial charge on any atom is 0.0876 e. The molecule has 0 spiro atoms. The average Bonchev–Trinajstić information content (AvgIpc) is 1.86. The van der Waals surface area contributed by atoms with Crippen LogP contribution >= 0.6 is 15.9 Å². The SMILES string of the molecule is BrC1CN[CH]N1. The Bertz CT molecular complexity index is 42.1. The van der Waals surface area contributed by atoms with E-state index in [0.29, 0.717) is 4.95 Å². The van der Waals surface area contributed by atoms with E-state index in [2.05, 4.69) is 26.6 Å². The fourth-order valence-corrected chi connectivity index (χ4v) is 0.690. The number of nitrogens with one attached hydrogen (secondary N) is 2. The van der Waals surface area contributed by atoms with E-state index >= 15 is 0 Å². The summed E-state index contributed by atoms with van der Waals surface area (Å²) < 4.78 is 0. The van der Waals surface area contributed by atoms with E-state index in [1.807, 2.05) is 6.67 Å². The first-order valence-electron chi connectivity index (χ1n) is 1.85. The quantitative estimate of drug-likeness (QED) is 0.375. The lowest BCUT2D eigenvalue weighted by Gasteiger charge is -1.90. The van der Waals surface area contributed by atoms with Crippen molar-refractivity contribution in [2.45, 2.75) is 4.95 Å². The van der Waals surface area contributed by atoms with Gasteiger partial charge in [-0.3, -0.25) is 10.6 Å². The van der Waals surface area contributed by atoms with Gasteiger partial charge in [0.25, 0.3) is 0 Å². The second-order valence-electron chi connectivity index (χ2n) is 1.19. The molecular weight excluding hydrogens is 144 g/mol. The van der Waals surface area contributed by atoms with Crippen LogP contribution in [0.4, 0.5) is 0 Å². The first-order valence-corrected chi connectivity index (χ1v) is 2.76. The molecule has 1 fully saturated rings. The Balaban J connectivity index is 2.18. The molecule has 0 bridgehead atoms. The Morgan fingerprint density at radius 3 is 2.83 bits per heavy atom. The van der Waals surface area contributed by atoms with Gasteiger partial charge in [-0.2, -0.15) is 0 Å². The van der Waals surface area contributed by atoms with Gasteiger partial charge in [0.05, 0.1) is 11.6 Å². The number of hydrogen-bond donors (Lipinski definition) is 2. The lowest BCUT2D eigenvalue weighted by Crippen LogP contribution is -2.12. The maximum absolute atomic E-state index is 3.33. The zero-order valence-electron chi connectivity index (χ0n) is 3.24. The number of halogens is 1. The minimum absolute atomic E-state index is 0.442. The molecule has 1 atom stereocenters. The third-order valence-electron chi connectivity index (χ3n) is 0.663. The third-order valence-corrected chi connectivity index (χ3v) is 1.25. The molecule has 1 radical (unpaired) electrons. The van der Waals surface area contributed by atoms with Crippen molar-refractivity contribution in [3.05, 3.63) is 6.67 Å². The summed E-state index contributed by atoms with van der Waals surface area (Å²) in [4.78, 5) is 0.442. The van der Waals surface area contributed by atoms with Crippen molar-refractivity contribution in [1.29, 1.82) is 0 Å². The van der Waals surface area contributed by atoms with Gasteiger partial charge >= 0.3 is 0 Å². The molecule has 0 aromatic heterocycles. The smallest absolute Gasteiger partial charge is 0.0876 e. The Morgan fingerprint density at radius 1 is 1.83 bits per heavy atom. The molecule has 2 nitrogen and oxygen atoms in total. The van der Waals surface area contributed by atoms with E-state index in [-0.39, 0.29) is 0 Å². The number of rotatable bonds is 0. The van der Waals surface area contributed by atoms with Crippen LogP contribution < -0.4 is 10.6 Å². The first kappa shape index (κ1) is 4.56. The maximum atomic E-state index is 3.33. The van der Waals surface area contributed by atoms with Crippen LogP contribution in [0.3, 0.4) is 0 Å². The molecule has 1 unspecified atom stereocenters. The molecule has 1 saturated heterocycles. The Kier molecular flexibility index (Phi) is 1.45. The molecule has 0 amide bonds. The normalized spacial score (nSPS) is 34.5.